The van der Waals surface area contributed by atoms with Crippen molar-refractivity contribution in [3.63, 3.8) is 0 Å². The van der Waals surface area contributed by atoms with E-state index in [0.29, 0.717) is 0 Å². The predicted molar refractivity (Wildman–Crippen MR) is 113 cm³/mol. The van der Waals surface area contributed by atoms with E-state index < -0.39 is 0 Å². The minimum absolute atomic E-state index is 0.116. The van der Waals surface area contributed by atoms with E-state index in [1.165, 1.54) is 11.1 Å². The van der Waals surface area contributed by atoms with Crippen molar-refractivity contribution in [2.45, 2.75) is 32.5 Å². The number of hydrazone groups is 1. The van der Waals surface area contributed by atoms with Crippen LogP contribution < -0.4 is 4.74 Å². The van der Waals surface area contributed by atoms with Crippen LogP contribution in [0.25, 0.3) is 0 Å². The molecule has 0 radical (unpaired) electrons. The molecule has 2 aliphatic rings. The van der Waals surface area contributed by atoms with E-state index >= 15 is 0 Å². The standard InChI is InChI=1S/C24H21ClN2O/c1-15-3-7-17(8-4-15)21-14-22-20-13-19(25)11-12-23(20)28-24(27(22)26-21)18-9-5-16(2)6-10-18/h3-13,22,24H,14H2,1-2H3/t22-,24+/m1/s1. The van der Waals surface area contributed by atoms with E-state index in [1.807, 2.05) is 18.2 Å². The maximum atomic E-state index is 6.39. The summed E-state index contributed by atoms with van der Waals surface area (Å²) in [5.41, 5.74) is 6.92. The minimum atomic E-state index is -0.248. The molecule has 0 saturated carbocycles. The molecule has 3 aromatic rings. The molecular formula is C24H21ClN2O. The van der Waals surface area contributed by atoms with Crippen molar-refractivity contribution in [3.05, 3.63) is 99.6 Å². The highest BCUT2D eigenvalue weighted by molar-refractivity contribution is 6.30. The normalized spacial score (nSPS) is 20.2. The summed E-state index contributed by atoms with van der Waals surface area (Å²) >= 11 is 6.30. The number of fused-ring (bicyclic) bond motifs is 3. The van der Waals surface area contributed by atoms with Crippen molar-refractivity contribution in [3.8, 4) is 5.75 Å². The van der Waals surface area contributed by atoms with Gasteiger partial charge in [0.25, 0.3) is 0 Å². The molecule has 0 fully saturated rings. The number of hydrogen-bond acceptors (Lipinski definition) is 3. The molecule has 5 rings (SSSR count). The number of aryl methyl sites for hydroxylation is 2. The Morgan fingerprint density at radius 3 is 2.32 bits per heavy atom. The molecule has 2 heterocycles. The maximum absolute atomic E-state index is 6.39. The average Bonchev–Trinajstić information content (AvgIpc) is 3.14. The summed E-state index contributed by atoms with van der Waals surface area (Å²) in [4.78, 5) is 0. The molecule has 4 heteroatoms. The molecule has 0 saturated heterocycles. The van der Waals surface area contributed by atoms with E-state index in [4.69, 9.17) is 21.4 Å². The predicted octanol–water partition coefficient (Wildman–Crippen LogP) is 6.20. The van der Waals surface area contributed by atoms with E-state index in [2.05, 4.69) is 67.4 Å². The second-order valence-electron chi connectivity index (χ2n) is 7.58. The second-order valence-corrected chi connectivity index (χ2v) is 8.01. The average molecular weight is 389 g/mol. The molecule has 0 aliphatic carbocycles. The van der Waals surface area contributed by atoms with Gasteiger partial charge in [-0.15, -0.1) is 0 Å². The van der Waals surface area contributed by atoms with Crippen LogP contribution in [-0.2, 0) is 0 Å². The van der Waals surface area contributed by atoms with Gasteiger partial charge in [-0.2, -0.15) is 5.10 Å². The molecule has 140 valence electrons. The Morgan fingerprint density at radius 1 is 0.929 bits per heavy atom. The third-order valence-electron chi connectivity index (χ3n) is 5.50. The lowest BCUT2D eigenvalue weighted by Crippen LogP contribution is -2.33. The van der Waals surface area contributed by atoms with Crippen LogP contribution >= 0.6 is 11.6 Å². The van der Waals surface area contributed by atoms with Gasteiger partial charge in [-0.25, -0.2) is 5.01 Å². The first-order valence-corrected chi connectivity index (χ1v) is 9.92. The molecule has 0 bridgehead atoms. The maximum Gasteiger partial charge on any atom is 0.213 e. The molecule has 2 atom stereocenters. The van der Waals surface area contributed by atoms with Crippen LogP contribution in [0.3, 0.4) is 0 Å². The van der Waals surface area contributed by atoms with Gasteiger partial charge in [0.05, 0.1) is 11.8 Å². The Balaban J connectivity index is 1.59. The Bertz CT molecular complexity index is 1060. The summed E-state index contributed by atoms with van der Waals surface area (Å²) in [5, 5.41) is 7.82. The van der Waals surface area contributed by atoms with Crippen LogP contribution in [-0.4, -0.2) is 10.7 Å². The SMILES string of the molecule is Cc1ccc(C2=NN3[C@H](C2)c2cc(Cl)ccc2O[C@H]3c2ccc(C)cc2)cc1. The molecule has 3 aromatic carbocycles. The summed E-state index contributed by atoms with van der Waals surface area (Å²) in [6.45, 7) is 4.19. The van der Waals surface area contributed by atoms with Crippen molar-refractivity contribution in [2.24, 2.45) is 5.10 Å². The number of halogens is 1. The van der Waals surface area contributed by atoms with Gasteiger partial charge in [-0.05, 0) is 37.6 Å². The molecule has 28 heavy (non-hydrogen) atoms. The first kappa shape index (κ1) is 17.3. The first-order chi connectivity index (χ1) is 13.6. The smallest absolute Gasteiger partial charge is 0.213 e. The van der Waals surface area contributed by atoms with Crippen LogP contribution in [0, 0.1) is 13.8 Å². The summed E-state index contributed by atoms with van der Waals surface area (Å²) in [6.07, 6.45) is 0.588. The van der Waals surface area contributed by atoms with Gasteiger partial charge in [-0.3, -0.25) is 0 Å². The first-order valence-electron chi connectivity index (χ1n) is 9.54. The monoisotopic (exact) mass is 388 g/mol. The second kappa shape index (κ2) is 6.68. The van der Waals surface area contributed by atoms with Gasteiger partial charge in [-0.1, -0.05) is 71.3 Å². The molecule has 3 nitrogen and oxygen atoms in total. The van der Waals surface area contributed by atoms with E-state index in [1.54, 1.807) is 0 Å². The van der Waals surface area contributed by atoms with Gasteiger partial charge in [0.1, 0.15) is 5.75 Å². The van der Waals surface area contributed by atoms with Crippen molar-refractivity contribution in [2.75, 3.05) is 0 Å². The zero-order chi connectivity index (χ0) is 19.3. The Hall–Kier alpha value is -2.78. The van der Waals surface area contributed by atoms with Gasteiger partial charge in [0.15, 0.2) is 0 Å². The van der Waals surface area contributed by atoms with Gasteiger partial charge >= 0.3 is 0 Å². The highest BCUT2D eigenvalue weighted by Crippen LogP contribution is 2.48. The summed E-state index contributed by atoms with van der Waals surface area (Å²) in [6, 6.07) is 23.0. The van der Waals surface area contributed by atoms with Crippen LogP contribution in [0.4, 0.5) is 0 Å². The summed E-state index contributed by atoms with van der Waals surface area (Å²) in [7, 11) is 0. The fourth-order valence-corrected chi connectivity index (χ4v) is 4.11. The highest BCUT2D eigenvalue weighted by Gasteiger charge is 2.41. The topological polar surface area (TPSA) is 24.8 Å². The lowest BCUT2D eigenvalue weighted by atomic mass is 9.95. The Labute approximate surface area is 170 Å². The van der Waals surface area contributed by atoms with Crippen molar-refractivity contribution in [1.29, 1.82) is 0 Å². The number of nitrogens with zero attached hydrogens (tertiary/aromatic N) is 2. The molecule has 0 amide bonds. The lowest BCUT2D eigenvalue weighted by Gasteiger charge is -2.38. The third kappa shape index (κ3) is 2.96. The molecule has 2 aliphatic heterocycles. The Kier molecular flexibility index (Phi) is 4.13. The summed E-state index contributed by atoms with van der Waals surface area (Å²) in [5.74, 6) is 0.886. The Morgan fingerprint density at radius 2 is 1.61 bits per heavy atom. The number of rotatable bonds is 2. The molecular weight excluding hydrogens is 368 g/mol. The van der Waals surface area contributed by atoms with E-state index in [9.17, 15) is 0 Å². The number of hydrogen-bond donors (Lipinski definition) is 0. The minimum Gasteiger partial charge on any atom is -0.464 e. The molecule has 0 unspecified atom stereocenters. The zero-order valence-electron chi connectivity index (χ0n) is 15.9. The summed E-state index contributed by atoms with van der Waals surface area (Å²) < 4.78 is 6.39. The van der Waals surface area contributed by atoms with Gasteiger partial charge in [0, 0.05) is 22.6 Å². The highest BCUT2D eigenvalue weighted by atomic mass is 35.5. The van der Waals surface area contributed by atoms with Crippen molar-refractivity contribution >= 4 is 17.3 Å². The molecule has 0 N–H and O–H groups in total. The third-order valence-corrected chi connectivity index (χ3v) is 5.73. The fraction of sp³-hybridized carbons (Fsp3) is 0.208. The lowest BCUT2D eigenvalue weighted by molar-refractivity contribution is -0.0190. The van der Waals surface area contributed by atoms with E-state index in [0.717, 1.165) is 39.6 Å². The van der Waals surface area contributed by atoms with Crippen molar-refractivity contribution in [1.82, 2.24) is 5.01 Å². The number of ether oxygens (including phenoxy) is 1. The van der Waals surface area contributed by atoms with Crippen LogP contribution in [0.5, 0.6) is 5.75 Å². The molecule has 0 spiro atoms. The van der Waals surface area contributed by atoms with Crippen LogP contribution in [0.2, 0.25) is 5.02 Å². The van der Waals surface area contributed by atoms with Crippen LogP contribution in [0.15, 0.2) is 71.8 Å². The van der Waals surface area contributed by atoms with E-state index in [-0.39, 0.29) is 12.3 Å². The fourth-order valence-electron chi connectivity index (χ4n) is 3.93. The zero-order valence-corrected chi connectivity index (χ0v) is 16.6. The quantitative estimate of drug-likeness (QED) is 0.522. The van der Waals surface area contributed by atoms with Gasteiger partial charge < -0.3 is 4.74 Å². The largest absolute Gasteiger partial charge is 0.464 e. The number of benzene rings is 3. The molecule has 0 aromatic heterocycles. The van der Waals surface area contributed by atoms with Crippen LogP contribution in [0.1, 0.15) is 46.5 Å². The van der Waals surface area contributed by atoms with Gasteiger partial charge in [0.2, 0.25) is 6.23 Å². The van der Waals surface area contributed by atoms with Crippen molar-refractivity contribution < 1.29 is 4.74 Å².